The molecule has 0 aliphatic carbocycles. The van der Waals surface area contributed by atoms with Gasteiger partial charge in [0.1, 0.15) is 5.75 Å². The largest absolute Gasteiger partial charge is 0.507 e. The van der Waals surface area contributed by atoms with Crippen LogP contribution in [0, 0.1) is 6.92 Å². The van der Waals surface area contributed by atoms with Crippen molar-refractivity contribution in [3.05, 3.63) is 35.9 Å². The van der Waals surface area contributed by atoms with Gasteiger partial charge in [0, 0.05) is 10.8 Å². The van der Waals surface area contributed by atoms with Crippen molar-refractivity contribution < 1.29 is 10.2 Å². The van der Waals surface area contributed by atoms with Crippen LogP contribution in [0.2, 0.25) is 0 Å². The fourth-order valence-corrected chi connectivity index (χ4v) is 1.46. The quantitative estimate of drug-likeness (QED) is 0.653. The third-order valence-corrected chi connectivity index (χ3v) is 2.17. The lowest BCUT2D eigenvalue weighted by Gasteiger charge is -2.04. The van der Waals surface area contributed by atoms with E-state index < -0.39 is 0 Å². The van der Waals surface area contributed by atoms with Gasteiger partial charge in [0.2, 0.25) is 0 Å². The van der Waals surface area contributed by atoms with Gasteiger partial charge in [-0.05, 0) is 18.6 Å². The van der Waals surface area contributed by atoms with Crippen molar-refractivity contribution >= 4 is 10.8 Å². The van der Waals surface area contributed by atoms with Gasteiger partial charge in [-0.3, -0.25) is 5.11 Å². The highest BCUT2D eigenvalue weighted by molar-refractivity contribution is 5.93. The van der Waals surface area contributed by atoms with Gasteiger partial charge in [0.25, 0.3) is 0 Å². The monoisotopic (exact) mass is 173 g/mol. The minimum atomic E-state index is -0.0362. The average Bonchev–Trinajstić information content (AvgIpc) is 2.15. The fourth-order valence-electron chi connectivity index (χ4n) is 1.46. The van der Waals surface area contributed by atoms with Gasteiger partial charge in [0.15, 0.2) is 5.75 Å². The van der Waals surface area contributed by atoms with Crippen LogP contribution in [0.4, 0.5) is 0 Å². The lowest BCUT2D eigenvalue weighted by atomic mass is 10.1. The van der Waals surface area contributed by atoms with Crippen molar-refractivity contribution in [1.82, 2.24) is 0 Å². The highest BCUT2D eigenvalue weighted by atomic mass is 16.3. The Kier molecular flexibility index (Phi) is 1.62. The van der Waals surface area contributed by atoms with Crippen LogP contribution in [-0.2, 0) is 5.11 Å². The van der Waals surface area contributed by atoms with Crippen molar-refractivity contribution in [3.8, 4) is 11.5 Å². The molecule has 13 heavy (non-hydrogen) atoms. The molecule has 2 nitrogen and oxygen atoms in total. The normalized spacial score (nSPS) is 10.5. The Bertz CT molecular complexity index is 461. The van der Waals surface area contributed by atoms with Crippen LogP contribution in [0.3, 0.4) is 0 Å². The molecule has 65 valence electrons. The summed E-state index contributed by atoms with van der Waals surface area (Å²) in [5.41, 5.74) is 0.628. The summed E-state index contributed by atoms with van der Waals surface area (Å²) in [5, 5.41) is 22.3. The van der Waals surface area contributed by atoms with Gasteiger partial charge in [-0.1, -0.05) is 24.3 Å². The summed E-state index contributed by atoms with van der Waals surface area (Å²) < 4.78 is 0. The first-order valence-corrected chi connectivity index (χ1v) is 4.08. The van der Waals surface area contributed by atoms with Gasteiger partial charge in [0.05, 0.1) is 0 Å². The summed E-state index contributed by atoms with van der Waals surface area (Å²) in [6.45, 7) is 1.73. The van der Waals surface area contributed by atoms with Crippen molar-refractivity contribution in [3.63, 3.8) is 0 Å². The highest BCUT2D eigenvalue weighted by Crippen LogP contribution is 2.34. The molecule has 0 aliphatic heterocycles. The molecule has 0 spiro atoms. The maximum atomic E-state index is 11.4. The number of aromatic hydroxyl groups is 1. The molecular weight excluding hydrogens is 164 g/mol. The standard InChI is InChI=1S/C11H9O2/c1-7-6-10(12)8-4-2-3-5-9(8)11(7)13/h2-6,13H,1H3. The van der Waals surface area contributed by atoms with Gasteiger partial charge < -0.3 is 5.11 Å². The van der Waals surface area contributed by atoms with Crippen LogP contribution in [0.5, 0.6) is 11.5 Å². The predicted octanol–water partition coefficient (Wildman–Crippen LogP) is 3.00. The van der Waals surface area contributed by atoms with Crippen LogP contribution >= 0.6 is 0 Å². The molecule has 0 bridgehead atoms. The van der Waals surface area contributed by atoms with E-state index in [1.165, 1.54) is 6.07 Å². The topological polar surface area (TPSA) is 40.1 Å². The molecule has 2 aromatic carbocycles. The number of phenols is 1. The van der Waals surface area contributed by atoms with Crippen LogP contribution in [0.25, 0.3) is 10.8 Å². The summed E-state index contributed by atoms with van der Waals surface area (Å²) in [7, 11) is 0. The molecule has 0 unspecified atom stereocenters. The second kappa shape index (κ2) is 2.66. The molecule has 0 saturated heterocycles. The number of benzene rings is 2. The maximum absolute atomic E-state index is 11.4. The lowest BCUT2D eigenvalue weighted by molar-refractivity contribution is 0.359. The molecule has 0 fully saturated rings. The van der Waals surface area contributed by atoms with Gasteiger partial charge in [-0.15, -0.1) is 0 Å². The first-order valence-electron chi connectivity index (χ1n) is 4.08. The molecular formula is C11H9O2. The SMILES string of the molecule is Cc1cc([O])c2ccccc2c1O. The molecule has 1 N–H and O–H groups in total. The molecule has 0 atom stereocenters. The van der Waals surface area contributed by atoms with Gasteiger partial charge in [-0.25, -0.2) is 0 Å². The zero-order valence-electron chi connectivity index (χ0n) is 7.24. The second-order valence-electron chi connectivity index (χ2n) is 3.09. The van der Waals surface area contributed by atoms with E-state index in [4.69, 9.17) is 0 Å². The van der Waals surface area contributed by atoms with E-state index >= 15 is 0 Å². The smallest absolute Gasteiger partial charge is 0.186 e. The van der Waals surface area contributed by atoms with Crippen LogP contribution < -0.4 is 0 Å². The van der Waals surface area contributed by atoms with Crippen LogP contribution in [0.1, 0.15) is 5.56 Å². The number of aryl methyl sites for hydroxylation is 1. The van der Waals surface area contributed by atoms with Crippen LogP contribution in [0.15, 0.2) is 30.3 Å². The Morgan fingerprint density at radius 1 is 1.15 bits per heavy atom. The molecule has 2 aromatic rings. The summed E-state index contributed by atoms with van der Waals surface area (Å²) in [6, 6.07) is 8.52. The van der Waals surface area contributed by atoms with E-state index in [1.807, 2.05) is 0 Å². The third-order valence-electron chi connectivity index (χ3n) is 2.17. The minimum Gasteiger partial charge on any atom is -0.507 e. The van der Waals surface area contributed by atoms with Gasteiger partial charge in [-0.2, -0.15) is 0 Å². The van der Waals surface area contributed by atoms with E-state index in [9.17, 15) is 10.2 Å². The van der Waals surface area contributed by atoms with Gasteiger partial charge >= 0.3 is 0 Å². The summed E-state index contributed by atoms with van der Waals surface area (Å²) >= 11 is 0. The number of phenolic OH excluding ortho intramolecular Hbond substituents is 1. The summed E-state index contributed by atoms with van der Waals surface area (Å²) in [4.78, 5) is 0. The van der Waals surface area contributed by atoms with Crippen molar-refractivity contribution in [2.45, 2.75) is 6.92 Å². The lowest BCUT2D eigenvalue weighted by Crippen LogP contribution is -1.78. The zero-order valence-corrected chi connectivity index (χ0v) is 7.24. The molecule has 0 heterocycles. The molecule has 1 radical (unpaired) electrons. The summed E-state index contributed by atoms with van der Waals surface area (Å²) in [6.07, 6.45) is 0. The van der Waals surface area contributed by atoms with Crippen molar-refractivity contribution in [2.24, 2.45) is 0 Å². The van der Waals surface area contributed by atoms with E-state index in [0.29, 0.717) is 16.3 Å². The van der Waals surface area contributed by atoms with E-state index in [1.54, 1.807) is 31.2 Å². The first kappa shape index (κ1) is 7.92. The Labute approximate surface area is 76.1 Å². The maximum Gasteiger partial charge on any atom is 0.186 e. The second-order valence-corrected chi connectivity index (χ2v) is 3.09. The molecule has 0 aromatic heterocycles. The van der Waals surface area contributed by atoms with Crippen molar-refractivity contribution in [1.29, 1.82) is 0 Å². The third kappa shape index (κ3) is 1.11. The summed E-state index contributed by atoms with van der Waals surface area (Å²) in [5.74, 6) is 0.168. The predicted molar refractivity (Wildman–Crippen MR) is 50.5 cm³/mol. The Morgan fingerprint density at radius 3 is 2.46 bits per heavy atom. The Hall–Kier alpha value is -1.70. The fraction of sp³-hybridized carbons (Fsp3) is 0.0909. The number of rotatable bonds is 0. The molecule has 0 saturated carbocycles. The zero-order chi connectivity index (χ0) is 9.42. The van der Waals surface area contributed by atoms with E-state index in [2.05, 4.69) is 0 Å². The first-order chi connectivity index (χ1) is 6.20. The molecule has 2 rings (SSSR count). The average molecular weight is 173 g/mol. The Balaban J connectivity index is 2.97. The van der Waals surface area contributed by atoms with E-state index in [-0.39, 0.29) is 11.5 Å². The number of hydrogen-bond acceptors (Lipinski definition) is 1. The van der Waals surface area contributed by atoms with Crippen LogP contribution in [-0.4, -0.2) is 5.11 Å². The Morgan fingerprint density at radius 2 is 1.77 bits per heavy atom. The number of fused-ring (bicyclic) bond motifs is 1. The minimum absolute atomic E-state index is 0.0362. The highest BCUT2D eigenvalue weighted by Gasteiger charge is 2.07. The number of hydrogen-bond donors (Lipinski definition) is 1. The molecule has 0 amide bonds. The van der Waals surface area contributed by atoms with Crippen molar-refractivity contribution in [2.75, 3.05) is 0 Å². The van der Waals surface area contributed by atoms with E-state index in [0.717, 1.165) is 0 Å². The molecule has 0 aliphatic rings. The molecule has 2 heteroatoms.